The van der Waals surface area contributed by atoms with E-state index in [0.717, 1.165) is 41.0 Å². The molecule has 5 rings (SSSR count). The molecule has 0 bridgehead atoms. The van der Waals surface area contributed by atoms with E-state index in [0.29, 0.717) is 24.9 Å². The molecule has 1 aliphatic rings. The number of anilines is 2. The molecule has 4 heterocycles. The molecular formula is C29H36N8O3. The number of carbonyl (C=O) groups is 1. The summed E-state index contributed by atoms with van der Waals surface area (Å²) in [6.07, 6.45) is 5.89. The van der Waals surface area contributed by atoms with Crippen LogP contribution in [0.15, 0.2) is 47.3 Å². The highest BCUT2D eigenvalue weighted by Crippen LogP contribution is 2.35. The fourth-order valence-corrected chi connectivity index (χ4v) is 5.00. The van der Waals surface area contributed by atoms with E-state index in [2.05, 4.69) is 42.6 Å². The first-order valence-electron chi connectivity index (χ1n) is 13.5. The van der Waals surface area contributed by atoms with Crippen LogP contribution in [0.3, 0.4) is 0 Å². The zero-order valence-corrected chi connectivity index (χ0v) is 23.6. The molecule has 0 fully saturated rings. The Balaban J connectivity index is 1.42. The van der Waals surface area contributed by atoms with Crippen LogP contribution >= 0.6 is 0 Å². The van der Waals surface area contributed by atoms with Crippen LogP contribution in [0.4, 0.5) is 11.6 Å². The summed E-state index contributed by atoms with van der Waals surface area (Å²) < 4.78 is 7.44. The van der Waals surface area contributed by atoms with Crippen LogP contribution in [0, 0.1) is 0 Å². The molecule has 1 aromatic carbocycles. The second kappa shape index (κ2) is 11.3. The number of aliphatic hydroxyl groups is 1. The Labute approximate surface area is 233 Å². The quantitative estimate of drug-likeness (QED) is 0.310. The Morgan fingerprint density at radius 2 is 2.08 bits per heavy atom. The van der Waals surface area contributed by atoms with Crippen molar-refractivity contribution in [1.29, 1.82) is 0 Å². The molecule has 210 valence electrons. The van der Waals surface area contributed by atoms with Crippen molar-refractivity contribution in [3.8, 4) is 11.3 Å². The van der Waals surface area contributed by atoms with Crippen molar-refractivity contribution < 1.29 is 14.3 Å². The molecular weight excluding hydrogens is 508 g/mol. The summed E-state index contributed by atoms with van der Waals surface area (Å²) in [6, 6.07) is 8.15. The maximum absolute atomic E-state index is 13.2. The largest absolute Gasteiger partial charge is 0.418 e. The van der Waals surface area contributed by atoms with Gasteiger partial charge in [-0.15, -0.1) is 10.2 Å². The van der Waals surface area contributed by atoms with Gasteiger partial charge >= 0.3 is 0 Å². The number of hydrogen-bond donors (Lipinski definition) is 2. The Kier molecular flexibility index (Phi) is 7.77. The van der Waals surface area contributed by atoms with Gasteiger partial charge in [-0.05, 0) is 49.1 Å². The van der Waals surface area contributed by atoms with Crippen molar-refractivity contribution in [2.75, 3.05) is 18.4 Å². The second-order valence-corrected chi connectivity index (χ2v) is 11.6. The SMILES string of the molecule is C[C@H](O)CN1CC[C@@H](CC(=O)c2nnc(C(C)(C)C)o2)c2ccc(-c3ccnc(Nc4cnn(C)c4)n3)cc2C1. The minimum Gasteiger partial charge on any atom is -0.418 e. The number of aromatic nitrogens is 6. The average molecular weight is 545 g/mol. The highest BCUT2D eigenvalue weighted by Gasteiger charge is 2.29. The maximum atomic E-state index is 13.2. The minimum absolute atomic E-state index is 0.0197. The molecule has 40 heavy (non-hydrogen) atoms. The lowest BCUT2D eigenvalue weighted by atomic mass is 9.87. The van der Waals surface area contributed by atoms with Gasteiger partial charge in [0.25, 0.3) is 5.89 Å². The van der Waals surface area contributed by atoms with E-state index in [1.807, 2.05) is 46.1 Å². The number of β-amino-alcohol motifs (C(OH)–C–C–N with tert-alkyl or cyclic N) is 1. The van der Waals surface area contributed by atoms with Gasteiger partial charge in [0.15, 0.2) is 0 Å². The molecule has 4 aromatic rings. The number of nitrogens with zero attached hydrogens (tertiary/aromatic N) is 7. The van der Waals surface area contributed by atoms with E-state index in [-0.39, 0.29) is 29.4 Å². The Bertz CT molecular complexity index is 1490. The third-order valence-electron chi connectivity index (χ3n) is 6.94. The first-order valence-corrected chi connectivity index (χ1v) is 13.5. The van der Waals surface area contributed by atoms with Gasteiger partial charge in [-0.3, -0.25) is 14.4 Å². The van der Waals surface area contributed by atoms with Crippen LogP contribution in [0.1, 0.15) is 74.2 Å². The third kappa shape index (κ3) is 6.43. The number of aliphatic hydroxyl groups excluding tert-OH is 1. The fraction of sp³-hybridized carbons (Fsp3) is 0.448. The lowest BCUT2D eigenvalue weighted by molar-refractivity contribution is 0.0929. The minimum atomic E-state index is -0.456. The highest BCUT2D eigenvalue weighted by atomic mass is 16.4. The molecule has 0 aliphatic carbocycles. The van der Waals surface area contributed by atoms with Gasteiger partial charge in [-0.25, -0.2) is 9.97 Å². The molecule has 0 amide bonds. The first-order chi connectivity index (χ1) is 19.0. The molecule has 0 radical (unpaired) electrons. The molecule has 3 aromatic heterocycles. The van der Waals surface area contributed by atoms with E-state index in [1.54, 1.807) is 24.0 Å². The van der Waals surface area contributed by atoms with Crippen molar-refractivity contribution in [2.24, 2.45) is 7.05 Å². The van der Waals surface area contributed by atoms with E-state index in [4.69, 9.17) is 9.40 Å². The molecule has 11 heteroatoms. The van der Waals surface area contributed by atoms with E-state index in [9.17, 15) is 9.90 Å². The summed E-state index contributed by atoms with van der Waals surface area (Å²) in [5.41, 5.74) is 4.43. The third-order valence-corrected chi connectivity index (χ3v) is 6.94. The van der Waals surface area contributed by atoms with Crippen molar-refractivity contribution >= 4 is 17.4 Å². The van der Waals surface area contributed by atoms with Gasteiger partial charge in [0.1, 0.15) is 0 Å². The van der Waals surface area contributed by atoms with Crippen LogP contribution in [0.25, 0.3) is 11.3 Å². The lowest BCUT2D eigenvalue weighted by Gasteiger charge is -2.22. The van der Waals surface area contributed by atoms with Gasteiger partial charge in [-0.2, -0.15) is 5.10 Å². The number of benzene rings is 1. The van der Waals surface area contributed by atoms with Crippen molar-refractivity contribution in [3.05, 3.63) is 65.8 Å². The summed E-state index contributed by atoms with van der Waals surface area (Å²) in [6.45, 7) is 9.69. The first kappa shape index (κ1) is 27.6. The Morgan fingerprint density at radius 1 is 1.25 bits per heavy atom. The van der Waals surface area contributed by atoms with E-state index in [1.165, 1.54) is 0 Å². The predicted octanol–water partition coefficient (Wildman–Crippen LogP) is 4.24. The summed E-state index contributed by atoms with van der Waals surface area (Å²) in [4.78, 5) is 24.5. The second-order valence-electron chi connectivity index (χ2n) is 11.6. The van der Waals surface area contributed by atoms with Crippen LogP contribution in [-0.2, 0) is 19.0 Å². The molecule has 0 saturated carbocycles. The number of aryl methyl sites for hydroxylation is 1. The molecule has 0 saturated heterocycles. The van der Waals surface area contributed by atoms with Crippen LogP contribution < -0.4 is 5.32 Å². The number of nitrogens with one attached hydrogen (secondary N) is 1. The van der Waals surface area contributed by atoms with Crippen LogP contribution in [0.5, 0.6) is 0 Å². The Morgan fingerprint density at radius 3 is 2.77 bits per heavy atom. The summed E-state index contributed by atoms with van der Waals surface area (Å²) in [5.74, 6) is 0.811. The van der Waals surface area contributed by atoms with Crippen LogP contribution in [-0.4, -0.2) is 64.9 Å². The monoisotopic (exact) mass is 544 g/mol. The number of hydrogen-bond acceptors (Lipinski definition) is 10. The topological polar surface area (TPSA) is 135 Å². The predicted molar refractivity (Wildman–Crippen MR) is 150 cm³/mol. The van der Waals surface area contributed by atoms with E-state index < -0.39 is 6.10 Å². The van der Waals surface area contributed by atoms with Gasteiger partial charge in [-0.1, -0.05) is 32.9 Å². The summed E-state index contributed by atoms with van der Waals surface area (Å²) >= 11 is 0. The fourth-order valence-electron chi connectivity index (χ4n) is 5.00. The molecule has 2 N–H and O–H groups in total. The van der Waals surface area contributed by atoms with Gasteiger partial charge in [0.05, 0.1) is 23.7 Å². The van der Waals surface area contributed by atoms with Gasteiger partial charge < -0.3 is 14.8 Å². The standard InChI is InChI=1S/C29H36N8O3/c1-18(38)15-37-11-9-19(13-25(39)26-34-35-27(40-26)29(2,3)4)23-7-6-20(12-21(23)16-37)24-8-10-30-28(33-24)32-22-14-31-36(5)17-22/h6-8,10,12,14,17-19,38H,9,11,13,15-16H2,1-5H3,(H,30,32,33)/t18-,19-/m0/s1. The van der Waals surface area contributed by atoms with Crippen molar-refractivity contribution in [2.45, 2.75) is 64.5 Å². The zero-order valence-electron chi connectivity index (χ0n) is 23.6. The molecule has 1 aliphatic heterocycles. The summed E-state index contributed by atoms with van der Waals surface area (Å²) in [7, 11) is 1.85. The lowest BCUT2D eigenvalue weighted by Crippen LogP contribution is -2.30. The summed E-state index contributed by atoms with van der Waals surface area (Å²) in [5, 5.41) is 25.6. The Hall–Kier alpha value is -3.96. The molecule has 0 unspecified atom stereocenters. The van der Waals surface area contributed by atoms with Crippen LogP contribution in [0.2, 0.25) is 0 Å². The maximum Gasteiger partial charge on any atom is 0.284 e. The normalized spacial score (nSPS) is 16.8. The zero-order chi connectivity index (χ0) is 28.4. The van der Waals surface area contributed by atoms with Crippen molar-refractivity contribution in [3.63, 3.8) is 0 Å². The average Bonchev–Trinajstić information content (AvgIpc) is 3.52. The van der Waals surface area contributed by atoms with Crippen molar-refractivity contribution in [1.82, 2.24) is 34.8 Å². The van der Waals surface area contributed by atoms with Gasteiger partial charge in [0, 0.05) is 49.9 Å². The molecule has 11 nitrogen and oxygen atoms in total. The highest BCUT2D eigenvalue weighted by molar-refractivity contribution is 5.92. The number of ketones is 1. The molecule has 2 atom stereocenters. The smallest absolute Gasteiger partial charge is 0.284 e. The number of fused-ring (bicyclic) bond motifs is 1. The molecule has 0 spiro atoms. The number of Topliss-reactive ketones (excluding diaryl/α,β-unsaturated/α-hetero) is 1. The van der Waals surface area contributed by atoms with E-state index >= 15 is 0 Å². The number of carbonyl (C=O) groups excluding carboxylic acids is 1. The number of rotatable bonds is 8. The van der Waals surface area contributed by atoms with Gasteiger partial charge in [0.2, 0.25) is 17.6 Å².